The normalized spacial score (nSPS) is 20.8. The molecule has 1 aliphatic heterocycles. The van der Waals surface area contributed by atoms with Gasteiger partial charge in [-0.2, -0.15) is 4.31 Å². The number of ketones is 1. The molecule has 0 radical (unpaired) electrons. The van der Waals surface area contributed by atoms with Crippen molar-refractivity contribution in [3.05, 3.63) is 48.0 Å². The number of carbonyl (C=O) groups is 4. The summed E-state index contributed by atoms with van der Waals surface area (Å²) >= 11 is 0. The fourth-order valence-electron chi connectivity index (χ4n) is 8.69. The van der Waals surface area contributed by atoms with Crippen LogP contribution in [0.3, 0.4) is 0 Å². The highest BCUT2D eigenvalue weighted by Crippen LogP contribution is 2.61. The van der Waals surface area contributed by atoms with Gasteiger partial charge in [-0.1, -0.05) is 84.1 Å². The molecule has 420 valence electrons. The largest absolute Gasteiger partial charge is 0.481 e. The van der Waals surface area contributed by atoms with Crippen molar-refractivity contribution in [2.75, 3.05) is 32.0 Å². The lowest BCUT2D eigenvalue weighted by molar-refractivity contribution is -0.143. The van der Waals surface area contributed by atoms with Crippen molar-refractivity contribution in [3.8, 4) is 0 Å². The Morgan fingerprint density at radius 1 is 0.867 bits per heavy atom. The minimum Gasteiger partial charge on any atom is -0.481 e. The lowest BCUT2D eigenvalue weighted by atomic mass is 9.81. The highest BCUT2D eigenvalue weighted by Gasteiger charge is 2.51. The number of nitrogen functional groups attached to an aromatic ring is 1. The number of aliphatic hydroxyl groups excluding tert-OH is 2. The van der Waals surface area contributed by atoms with E-state index in [9.17, 15) is 67.8 Å². The summed E-state index contributed by atoms with van der Waals surface area (Å²) in [5.41, 5.74) is 5.90. The van der Waals surface area contributed by atoms with Gasteiger partial charge in [0, 0.05) is 36.8 Å². The Morgan fingerprint density at radius 2 is 1.48 bits per heavy atom. The third-order valence-corrected chi connectivity index (χ3v) is 16.6. The molecule has 2 fully saturated rings. The first-order valence-corrected chi connectivity index (χ1v) is 29.3. The van der Waals surface area contributed by atoms with Gasteiger partial charge in [0.15, 0.2) is 17.7 Å². The highest BCUT2D eigenvalue weighted by molar-refractivity contribution is 7.61. The van der Waals surface area contributed by atoms with Crippen LogP contribution in [-0.4, -0.2) is 129 Å². The van der Waals surface area contributed by atoms with Crippen LogP contribution in [0.4, 0.5) is 5.82 Å². The predicted octanol–water partition coefficient (Wildman–Crippen LogP) is 4.55. The van der Waals surface area contributed by atoms with Crippen molar-refractivity contribution in [3.63, 3.8) is 0 Å². The van der Waals surface area contributed by atoms with E-state index in [1.807, 2.05) is 13.8 Å². The molecule has 1 aromatic carbocycles. The fraction of sp³-hybridized carbons (Fsp3) is 0.674. The van der Waals surface area contributed by atoms with E-state index in [2.05, 4.69) is 58.7 Å². The molecule has 2 aromatic heterocycles. The van der Waals surface area contributed by atoms with E-state index < -0.39 is 101 Å². The van der Waals surface area contributed by atoms with Crippen LogP contribution in [0.1, 0.15) is 129 Å². The number of aryl methyl sites for hydroxylation is 2. The van der Waals surface area contributed by atoms with Crippen molar-refractivity contribution < 1.29 is 90.4 Å². The van der Waals surface area contributed by atoms with Crippen molar-refractivity contribution in [2.45, 2.75) is 155 Å². The molecule has 2 aliphatic rings. The molecule has 11 N–H and O–H groups in total. The van der Waals surface area contributed by atoms with Gasteiger partial charge in [-0.15, -0.1) is 0 Å². The van der Waals surface area contributed by atoms with Crippen LogP contribution in [0.5, 0.6) is 0 Å². The number of aromatic nitrogens is 4. The topological polar surface area (TPSA) is 401 Å². The maximum Gasteiger partial charge on any atom is 0.481 e. The van der Waals surface area contributed by atoms with Gasteiger partial charge < -0.3 is 56.0 Å². The molecule has 7 unspecified atom stereocenters. The van der Waals surface area contributed by atoms with Crippen molar-refractivity contribution in [1.82, 2.24) is 30.2 Å². The summed E-state index contributed by atoms with van der Waals surface area (Å²) in [4.78, 5) is 101. The van der Waals surface area contributed by atoms with Crippen LogP contribution in [0, 0.1) is 16.2 Å². The second-order valence-electron chi connectivity index (χ2n) is 20.5. The van der Waals surface area contributed by atoms with Gasteiger partial charge in [-0.05, 0) is 62.5 Å². The quantitative estimate of drug-likeness (QED) is 0.0289. The van der Waals surface area contributed by atoms with Crippen LogP contribution >= 0.6 is 23.5 Å². The lowest BCUT2D eigenvalue weighted by Crippen LogP contribution is -2.46. The number of phosphoric acid groups is 3. The Kier molecular flexibility index (Phi) is 21.8. The molecule has 29 heteroatoms. The Labute approximate surface area is 434 Å². The number of anilines is 1. The average molecular weight is 1120 g/mol. The van der Waals surface area contributed by atoms with Crippen LogP contribution in [0.15, 0.2) is 36.9 Å². The van der Waals surface area contributed by atoms with E-state index in [-0.39, 0.29) is 48.7 Å². The van der Waals surface area contributed by atoms with E-state index in [1.165, 1.54) is 25.0 Å². The predicted molar refractivity (Wildman–Crippen MR) is 268 cm³/mol. The van der Waals surface area contributed by atoms with Crippen LogP contribution < -0.4 is 16.4 Å². The van der Waals surface area contributed by atoms with Gasteiger partial charge in [0.25, 0.3) is 0 Å². The first-order valence-electron chi connectivity index (χ1n) is 24.8. The number of imidazole rings is 1. The second-order valence-corrected chi connectivity index (χ2v) is 24.7. The molecule has 0 bridgehead atoms. The number of hydrogen-bond acceptors (Lipinski definition) is 18. The number of carboxylic acids is 1. The standard InChI is InChI=1S/C46H72N7O19P3/c1-44(2,20-12-6-5-8-14-30-16-10-11-17-31(30)15-9-7-13-21-46(22-23-46)43(59)60)33(54)18-24-48-34(55)19-25-49-41(58)38(57)45(3,4)27-69-75(66,67)72-74(64,65)68-26-32-37(71-73(61,62)63)36(56)42(70-32)53-29-52-35-39(47)50-28-51-40(35)53/h10-11,16-17,28-29,32,36-38,42,56-57H,5-9,12-15,18-27H2,1-4H3,(H,48,55)(H,49,58)(H,59,60)(H,64,65)(H,66,67)(H2,47,50,51)(H2,61,62,63). The first-order chi connectivity index (χ1) is 35.1. The molecular weight excluding hydrogens is 1050 g/mol. The summed E-state index contributed by atoms with van der Waals surface area (Å²) in [5, 5.41) is 36.1. The number of hydrogen-bond donors (Lipinski definition) is 10. The molecule has 26 nitrogen and oxygen atoms in total. The lowest BCUT2D eigenvalue weighted by Gasteiger charge is -2.30. The van der Waals surface area contributed by atoms with Gasteiger partial charge in [0.05, 0.1) is 25.0 Å². The molecule has 3 heterocycles. The highest BCUT2D eigenvalue weighted by atomic mass is 31.3. The summed E-state index contributed by atoms with van der Waals surface area (Å²) in [6.07, 6.45) is 5.01. The maximum atomic E-state index is 13.1. The number of nitrogens with two attached hydrogens (primary N) is 1. The van der Waals surface area contributed by atoms with Crippen LogP contribution in [0.2, 0.25) is 0 Å². The smallest absolute Gasteiger partial charge is 0.481 e. The van der Waals surface area contributed by atoms with E-state index in [4.69, 9.17) is 19.5 Å². The number of aliphatic carboxylic acids is 1. The van der Waals surface area contributed by atoms with Gasteiger partial charge >= 0.3 is 29.4 Å². The third-order valence-electron chi connectivity index (χ3n) is 13.5. The Balaban J connectivity index is 0.948. The van der Waals surface area contributed by atoms with E-state index in [1.54, 1.807) is 0 Å². The fourth-order valence-corrected chi connectivity index (χ4v) is 11.5. The number of fused-ring (bicyclic) bond motifs is 1. The first kappa shape index (κ1) is 61.7. The monoisotopic (exact) mass is 1120 g/mol. The van der Waals surface area contributed by atoms with Crippen molar-refractivity contribution in [1.29, 1.82) is 0 Å². The van der Waals surface area contributed by atoms with Gasteiger partial charge in [-0.3, -0.25) is 37.3 Å². The number of carboxylic acid groups (broad SMARTS) is 1. The van der Waals surface area contributed by atoms with Crippen LogP contribution in [0.25, 0.3) is 11.2 Å². The molecule has 75 heavy (non-hydrogen) atoms. The Bertz CT molecular complexity index is 2590. The molecule has 2 amide bonds. The zero-order valence-electron chi connectivity index (χ0n) is 42.5. The van der Waals surface area contributed by atoms with E-state index in [0.29, 0.717) is 6.42 Å². The summed E-state index contributed by atoms with van der Waals surface area (Å²) in [5.74, 6) is -2.16. The zero-order valence-corrected chi connectivity index (χ0v) is 45.2. The summed E-state index contributed by atoms with van der Waals surface area (Å²) in [7, 11) is -16.5. The second kappa shape index (κ2) is 26.5. The van der Waals surface area contributed by atoms with Gasteiger partial charge in [-0.25, -0.2) is 28.6 Å². The Morgan fingerprint density at radius 3 is 2.11 bits per heavy atom. The number of amides is 2. The molecule has 1 aliphatic carbocycles. The number of carbonyl (C=O) groups excluding carboxylic acids is 3. The Hall–Kier alpha value is -4.10. The summed E-state index contributed by atoms with van der Waals surface area (Å²) in [6.45, 7) is 4.11. The van der Waals surface area contributed by atoms with E-state index in [0.717, 1.165) is 94.3 Å². The zero-order chi connectivity index (χ0) is 55.4. The van der Waals surface area contributed by atoms with Crippen molar-refractivity contribution in [2.24, 2.45) is 16.2 Å². The molecule has 3 aromatic rings. The van der Waals surface area contributed by atoms with E-state index >= 15 is 0 Å². The minimum atomic E-state index is -5.60. The number of unbranched alkanes of at least 4 members (excludes halogenated alkanes) is 5. The molecule has 7 atom stereocenters. The summed E-state index contributed by atoms with van der Waals surface area (Å²) < 4.78 is 62.7. The molecule has 5 rings (SSSR count). The molecule has 0 spiro atoms. The molecule has 1 saturated heterocycles. The van der Waals surface area contributed by atoms with Crippen LogP contribution in [-0.2, 0) is 68.3 Å². The number of phosphoric ester groups is 3. The number of nitrogens with one attached hydrogen (secondary N) is 2. The minimum absolute atomic E-state index is 0.00119. The SMILES string of the molecule is CC(C)(CCCCCCc1ccccc1CCCCCC1(C(=O)O)CC1)C(=O)CCNC(=O)CCNC(=O)C(O)C(C)(C)COP(=O)(O)OP(=O)(O)OCC1OC(n2cnc3c(N)ncnc32)C(O)C1OP(=O)(O)O. The van der Waals surface area contributed by atoms with Crippen molar-refractivity contribution >= 4 is 64.0 Å². The number of rotatable bonds is 34. The number of aliphatic hydroxyl groups is 2. The number of benzene rings is 1. The number of ether oxygens (including phenoxy) is 1. The third kappa shape index (κ3) is 18.5. The maximum absolute atomic E-state index is 13.1. The average Bonchev–Trinajstić information content (AvgIpc) is 3.91. The summed E-state index contributed by atoms with van der Waals surface area (Å²) in [6, 6.07) is 8.48. The molecular formula is C46H72N7O19P3. The number of nitrogens with zero attached hydrogens (tertiary/aromatic N) is 4. The molecule has 1 saturated carbocycles. The van der Waals surface area contributed by atoms with Gasteiger partial charge in [0.2, 0.25) is 11.8 Å². The number of Topliss-reactive ketones (excluding diaryl/α,β-unsaturated/α-hetero) is 1. The van der Waals surface area contributed by atoms with Gasteiger partial charge in [0.1, 0.15) is 42.0 Å².